The Morgan fingerprint density at radius 2 is 2.24 bits per heavy atom. The molecule has 0 saturated heterocycles. The van der Waals surface area contributed by atoms with Gasteiger partial charge in [0.1, 0.15) is 5.69 Å². The highest BCUT2D eigenvalue weighted by Gasteiger charge is 2.22. The molecule has 0 saturated carbocycles. The third-order valence-electron chi connectivity index (χ3n) is 2.20. The fraction of sp³-hybridized carbons (Fsp3) is 0.100. The van der Waals surface area contributed by atoms with Crippen LogP contribution in [0, 0.1) is 5.82 Å². The maximum absolute atomic E-state index is 13.7. The topological polar surface area (TPSA) is 47.8 Å². The summed E-state index contributed by atoms with van der Waals surface area (Å²) < 4.78 is 15.2. The number of ketones is 1. The van der Waals surface area contributed by atoms with Gasteiger partial charge in [-0.25, -0.2) is 9.07 Å². The van der Waals surface area contributed by atoms with Gasteiger partial charge in [0, 0.05) is 7.05 Å². The zero-order chi connectivity index (χ0) is 12.6. The molecule has 7 heteroatoms. The normalized spacial score (nSPS) is 10.6. The van der Waals surface area contributed by atoms with Gasteiger partial charge in [-0.05, 0) is 28.1 Å². The first-order chi connectivity index (χ1) is 8.02. The number of rotatable bonds is 2. The van der Waals surface area contributed by atoms with E-state index in [1.54, 1.807) is 7.05 Å². The second-order valence-corrected chi connectivity index (χ2v) is 4.44. The highest BCUT2D eigenvalue weighted by atomic mass is 79.9. The summed E-state index contributed by atoms with van der Waals surface area (Å²) in [6.45, 7) is 0. The van der Waals surface area contributed by atoms with Crippen LogP contribution in [0.1, 0.15) is 16.1 Å². The average Bonchev–Trinajstić information content (AvgIpc) is 2.62. The zero-order valence-corrected chi connectivity index (χ0v) is 11.0. The molecule has 1 heterocycles. The molecule has 2 rings (SSSR count). The molecular weight excluding hydrogens is 312 g/mol. The Kier molecular flexibility index (Phi) is 3.26. The first-order valence-electron chi connectivity index (χ1n) is 4.56. The average molecular weight is 319 g/mol. The molecule has 0 fully saturated rings. The summed E-state index contributed by atoms with van der Waals surface area (Å²) in [7, 11) is 1.55. The molecule has 0 radical (unpaired) electrons. The summed E-state index contributed by atoms with van der Waals surface area (Å²) in [5.74, 6) is -1.27. The molecule has 0 bridgehead atoms. The minimum absolute atomic E-state index is 0.0953. The monoisotopic (exact) mass is 317 g/mol. The van der Waals surface area contributed by atoms with Crippen molar-refractivity contribution in [2.75, 3.05) is 0 Å². The lowest BCUT2D eigenvalue weighted by Crippen LogP contribution is -2.10. The lowest BCUT2D eigenvalue weighted by molar-refractivity contribution is 0.102. The third-order valence-corrected chi connectivity index (χ3v) is 3.02. The molecule has 0 spiro atoms. The Morgan fingerprint density at radius 1 is 1.53 bits per heavy atom. The molecule has 0 aliphatic carbocycles. The smallest absolute Gasteiger partial charge is 0.216 e. The van der Waals surface area contributed by atoms with Gasteiger partial charge in [0.15, 0.2) is 10.4 Å². The number of benzene rings is 1. The maximum Gasteiger partial charge on any atom is 0.216 e. The number of hydrogen-bond acceptors (Lipinski definition) is 3. The van der Waals surface area contributed by atoms with Gasteiger partial charge in [-0.2, -0.15) is 0 Å². The van der Waals surface area contributed by atoms with Crippen LogP contribution in [0.5, 0.6) is 0 Å². The number of hydrogen-bond donors (Lipinski definition) is 0. The van der Waals surface area contributed by atoms with Gasteiger partial charge in [0.2, 0.25) is 5.78 Å². The molecule has 0 unspecified atom stereocenters. The summed E-state index contributed by atoms with van der Waals surface area (Å²) in [6.07, 6.45) is 0. The number of nitrogens with zero attached hydrogens (tertiary/aromatic N) is 3. The summed E-state index contributed by atoms with van der Waals surface area (Å²) in [5, 5.41) is 7.23. The molecule has 0 atom stereocenters. The molecule has 0 aliphatic rings. The lowest BCUT2D eigenvalue weighted by Gasteiger charge is -2.03. The molecular formula is C10H6BrClFN3O. The largest absolute Gasteiger partial charge is 0.287 e. The Hall–Kier alpha value is -1.27. The van der Waals surface area contributed by atoms with E-state index in [1.807, 2.05) is 0 Å². The standard InChI is InChI=1S/C10H6BrClFN3O/c1-16-8(10(11)14-15-16)9(17)5-3-2-4-6(12)7(5)13/h2-4H,1H3. The summed E-state index contributed by atoms with van der Waals surface area (Å²) in [5.41, 5.74) is 0.0646. The van der Waals surface area contributed by atoms with E-state index in [0.29, 0.717) is 0 Å². The fourth-order valence-corrected chi connectivity index (χ4v) is 2.06. The van der Waals surface area contributed by atoms with Gasteiger partial charge in [0.25, 0.3) is 0 Å². The number of aromatic nitrogens is 3. The first kappa shape index (κ1) is 12.2. The second-order valence-electron chi connectivity index (χ2n) is 3.28. The van der Waals surface area contributed by atoms with Crippen LogP contribution in [0.2, 0.25) is 5.02 Å². The SMILES string of the molecule is Cn1nnc(Br)c1C(=O)c1cccc(Cl)c1F. The number of carbonyl (C=O) groups excluding carboxylic acids is 1. The molecule has 0 N–H and O–H groups in total. The van der Waals surface area contributed by atoms with Crippen LogP contribution in [0.3, 0.4) is 0 Å². The number of aryl methyl sites for hydroxylation is 1. The molecule has 1 aromatic heterocycles. The minimum atomic E-state index is -0.743. The first-order valence-corrected chi connectivity index (χ1v) is 5.73. The molecule has 1 aromatic carbocycles. The summed E-state index contributed by atoms with van der Waals surface area (Å²) in [6, 6.07) is 4.25. The van der Waals surface area contributed by atoms with Crippen LogP contribution in [-0.2, 0) is 7.05 Å². The lowest BCUT2D eigenvalue weighted by atomic mass is 10.1. The van der Waals surface area contributed by atoms with Crippen molar-refractivity contribution in [3.63, 3.8) is 0 Å². The van der Waals surface area contributed by atoms with Gasteiger partial charge >= 0.3 is 0 Å². The quantitative estimate of drug-likeness (QED) is 0.800. The molecule has 2 aromatic rings. The highest BCUT2D eigenvalue weighted by Crippen LogP contribution is 2.22. The third kappa shape index (κ3) is 2.10. The highest BCUT2D eigenvalue weighted by molar-refractivity contribution is 9.10. The molecule has 4 nitrogen and oxygen atoms in total. The van der Waals surface area contributed by atoms with E-state index < -0.39 is 11.6 Å². The van der Waals surface area contributed by atoms with Crippen molar-refractivity contribution in [1.82, 2.24) is 15.0 Å². The van der Waals surface area contributed by atoms with E-state index in [4.69, 9.17) is 11.6 Å². The van der Waals surface area contributed by atoms with E-state index in [1.165, 1.54) is 22.9 Å². The van der Waals surface area contributed by atoms with Crippen LogP contribution < -0.4 is 0 Å². The Bertz CT molecular complexity index is 580. The van der Waals surface area contributed by atoms with Gasteiger partial charge in [-0.3, -0.25) is 4.79 Å². The predicted molar refractivity (Wildman–Crippen MR) is 63.5 cm³/mol. The van der Waals surface area contributed by atoms with Crippen LogP contribution in [0.4, 0.5) is 4.39 Å². The van der Waals surface area contributed by atoms with E-state index in [2.05, 4.69) is 26.2 Å². The van der Waals surface area contributed by atoms with Crippen molar-refractivity contribution in [3.8, 4) is 0 Å². The molecule has 0 aliphatic heterocycles. The van der Waals surface area contributed by atoms with Crippen LogP contribution >= 0.6 is 27.5 Å². The molecule has 17 heavy (non-hydrogen) atoms. The van der Waals surface area contributed by atoms with Gasteiger partial charge in [-0.1, -0.05) is 22.9 Å². The molecule has 88 valence electrons. The van der Waals surface area contributed by atoms with Crippen molar-refractivity contribution in [2.45, 2.75) is 0 Å². The van der Waals surface area contributed by atoms with E-state index in [0.717, 1.165) is 0 Å². The van der Waals surface area contributed by atoms with Crippen LogP contribution in [-0.4, -0.2) is 20.8 Å². The van der Waals surface area contributed by atoms with Crippen molar-refractivity contribution >= 4 is 33.3 Å². The van der Waals surface area contributed by atoms with Gasteiger partial charge in [-0.15, -0.1) is 5.10 Å². The van der Waals surface area contributed by atoms with E-state index >= 15 is 0 Å². The maximum atomic E-state index is 13.7. The van der Waals surface area contributed by atoms with Crippen molar-refractivity contribution in [1.29, 1.82) is 0 Å². The minimum Gasteiger partial charge on any atom is -0.287 e. The fourth-order valence-electron chi connectivity index (χ4n) is 1.38. The predicted octanol–water partition coefficient (Wildman–Crippen LogP) is 2.60. The van der Waals surface area contributed by atoms with Crippen molar-refractivity contribution < 1.29 is 9.18 Å². The number of halogens is 3. The summed E-state index contributed by atoms with van der Waals surface area (Å²) >= 11 is 8.71. The van der Waals surface area contributed by atoms with Crippen LogP contribution in [0.15, 0.2) is 22.8 Å². The zero-order valence-electron chi connectivity index (χ0n) is 8.62. The second kappa shape index (κ2) is 4.54. The van der Waals surface area contributed by atoms with Crippen molar-refractivity contribution in [2.24, 2.45) is 7.05 Å². The Balaban J connectivity index is 2.55. The van der Waals surface area contributed by atoms with Crippen molar-refractivity contribution in [3.05, 3.63) is 44.9 Å². The number of carbonyl (C=O) groups is 1. The summed E-state index contributed by atoms with van der Waals surface area (Å²) in [4.78, 5) is 12.1. The van der Waals surface area contributed by atoms with E-state index in [9.17, 15) is 9.18 Å². The Morgan fingerprint density at radius 3 is 2.82 bits per heavy atom. The van der Waals surface area contributed by atoms with E-state index in [-0.39, 0.29) is 20.9 Å². The van der Waals surface area contributed by atoms with Crippen LogP contribution in [0.25, 0.3) is 0 Å². The molecule has 0 amide bonds. The van der Waals surface area contributed by atoms with Gasteiger partial charge < -0.3 is 0 Å². The Labute approximate surface area is 110 Å². The van der Waals surface area contributed by atoms with Gasteiger partial charge in [0.05, 0.1) is 10.6 Å².